The summed E-state index contributed by atoms with van der Waals surface area (Å²) < 4.78 is 38.2. The quantitative estimate of drug-likeness (QED) is 0.518. The van der Waals surface area contributed by atoms with Crippen molar-refractivity contribution in [3.63, 3.8) is 0 Å². The third-order valence-corrected chi connectivity index (χ3v) is 5.73. The number of thioether (sulfide) groups is 1. The molecule has 3 heterocycles. The molecule has 29 heavy (non-hydrogen) atoms. The van der Waals surface area contributed by atoms with Crippen LogP contribution in [0.4, 0.5) is 10.7 Å². The van der Waals surface area contributed by atoms with E-state index in [9.17, 15) is 13.2 Å². The highest BCUT2D eigenvalue weighted by Gasteiger charge is 2.28. The van der Waals surface area contributed by atoms with E-state index < -0.39 is 21.1 Å². The molecule has 0 saturated carbocycles. The standard InChI is InChI=1S/C14H14ClN7O5S2/c1-26-8-6-9(27-2)18-13(17-8)19-14(23)21-29(24,25)12-11(15)16-7-4-5-10(28-3)20-22(7)12/h4-6H,1-3H3,(H2,17,18,19,21,23). The second kappa shape index (κ2) is 8.26. The van der Waals surface area contributed by atoms with Crippen LogP contribution in [0.1, 0.15) is 0 Å². The van der Waals surface area contributed by atoms with E-state index in [1.54, 1.807) is 18.4 Å². The van der Waals surface area contributed by atoms with E-state index in [0.717, 1.165) is 4.52 Å². The number of hydrogen-bond donors (Lipinski definition) is 2. The van der Waals surface area contributed by atoms with Gasteiger partial charge in [-0.15, -0.1) is 11.8 Å². The molecule has 0 bridgehead atoms. The van der Waals surface area contributed by atoms with Crippen LogP contribution in [-0.4, -0.2) is 59.5 Å². The van der Waals surface area contributed by atoms with Gasteiger partial charge in [-0.1, -0.05) is 11.6 Å². The maximum absolute atomic E-state index is 12.7. The van der Waals surface area contributed by atoms with E-state index in [1.165, 1.54) is 32.0 Å². The number of amides is 2. The van der Waals surface area contributed by atoms with Gasteiger partial charge in [0.15, 0.2) is 10.8 Å². The zero-order chi connectivity index (χ0) is 21.2. The Morgan fingerprint density at radius 1 is 1.17 bits per heavy atom. The topological polar surface area (TPSA) is 150 Å². The van der Waals surface area contributed by atoms with Crippen molar-refractivity contribution in [2.24, 2.45) is 0 Å². The summed E-state index contributed by atoms with van der Waals surface area (Å²) in [5.74, 6) is -0.0248. The van der Waals surface area contributed by atoms with Crippen molar-refractivity contribution in [3.05, 3.63) is 23.4 Å². The number of fused-ring (bicyclic) bond motifs is 1. The summed E-state index contributed by atoms with van der Waals surface area (Å²) in [5, 5.41) is 6.04. The SMILES string of the molecule is COc1cc(OC)nc(NC(=O)NS(=O)(=O)c2c(Cl)nc3ccc(SC)nn23)n1. The van der Waals surface area contributed by atoms with E-state index >= 15 is 0 Å². The lowest BCUT2D eigenvalue weighted by atomic mass is 10.6. The summed E-state index contributed by atoms with van der Waals surface area (Å²) in [6, 6.07) is 3.47. The zero-order valence-corrected chi connectivity index (χ0v) is 17.6. The van der Waals surface area contributed by atoms with Gasteiger partial charge >= 0.3 is 6.03 Å². The Kier molecular flexibility index (Phi) is 5.95. The summed E-state index contributed by atoms with van der Waals surface area (Å²) in [5.41, 5.74) is 0.203. The van der Waals surface area contributed by atoms with Gasteiger partial charge in [-0.25, -0.2) is 14.5 Å². The van der Waals surface area contributed by atoms with E-state index in [2.05, 4.69) is 25.4 Å². The number of rotatable bonds is 6. The van der Waals surface area contributed by atoms with Gasteiger partial charge in [-0.05, 0) is 18.4 Å². The fourth-order valence-corrected chi connectivity index (χ4v) is 4.03. The molecule has 0 aliphatic carbocycles. The average molecular weight is 460 g/mol. The highest BCUT2D eigenvalue weighted by atomic mass is 35.5. The van der Waals surface area contributed by atoms with Gasteiger partial charge in [0.1, 0.15) is 5.03 Å². The normalized spacial score (nSPS) is 11.3. The summed E-state index contributed by atoms with van der Waals surface area (Å²) in [6.07, 6.45) is 1.77. The van der Waals surface area contributed by atoms with Crippen LogP contribution in [0.15, 0.2) is 28.3 Å². The third-order valence-electron chi connectivity index (χ3n) is 3.39. The van der Waals surface area contributed by atoms with E-state index in [0.29, 0.717) is 5.03 Å². The Labute approximate surface area is 174 Å². The van der Waals surface area contributed by atoms with Crippen LogP contribution in [0.2, 0.25) is 5.15 Å². The summed E-state index contributed by atoms with van der Waals surface area (Å²) >= 11 is 7.28. The lowest BCUT2D eigenvalue weighted by molar-refractivity contribution is 0.256. The molecule has 0 saturated heterocycles. The first-order chi connectivity index (χ1) is 13.8. The van der Waals surface area contributed by atoms with Crippen LogP contribution in [0, 0.1) is 0 Å². The second-order valence-corrected chi connectivity index (χ2v) is 7.97. The number of aromatic nitrogens is 5. The molecule has 154 valence electrons. The minimum Gasteiger partial charge on any atom is -0.481 e. The second-order valence-electron chi connectivity index (χ2n) is 5.19. The average Bonchev–Trinajstić information content (AvgIpc) is 3.02. The minimum atomic E-state index is -4.43. The van der Waals surface area contributed by atoms with Crippen molar-refractivity contribution in [3.8, 4) is 11.8 Å². The fraction of sp³-hybridized carbons (Fsp3) is 0.214. The van der Waals surface area contributed by atoms with Gasteiger partial charge in [0.2, 0.25) is 22.7 Å². The first-order valence-corrected chi connectivity index (χ1v) is 10.8. The number of urea groups is 1. The van der Waals surface area contributed by atoms with Gasteiger partial charge in [0.25, 0.3) is 10.0 Å². The van der Waals surface area contributed by atoms with Gasteiger partial charge in [0, 0.05) is 0 Å². The van der Waals surface area contributed by atoms with Crippen LogP contribution >= 0.6 is 23.4 Å². The summed E-state index contributed by atoms with van der Waals surface area (Å²) in [7, 11) is -1.71. The van der Waals surface area contributed by atoms with Crippen LogP contribution < -0.4 is 19.5 Å². The van der Waals surface area contributed by atoms with Crippen molar-refractivity contribution < 1.29 is 22.7 Å². The summed E-state index contributed by atoms with van der Waals surface area (Å²) in [4.78, 5) is 23.9. The van der Waals surface area contributed by atoms with Crippen LogP contribution in [0.25, 0.3) is 5.65 Å². The molecular weight excluding hydrogens is 446 g/mol. The predicted octanol–water partition coefficient (Wildman–Crippen LogP) is 1.42. The van der Waals surface area contributed by atoms with Crippen LogP contribution in [0.3, 0.4) is 0 Å². The Morgan fingerprint density at radius 3 is 2.41 bits per heavy atom. The molecule has 2 amide bonds. The molecule has 2 N–H and O–H groups in total. The number of carbonyl (C=O) groups is 1. The molecule has 15 heteroatoms. The van der Waals surface area contributed by atoms with E-state index in [4.69, 9.17) is 21.1 Å². The van der Waals surface area contributed by atoms with Gasteiger partial charge in [0.05, 0.1) is 20.3 Å². The predicted molar refractivity (Wildman–Crippen MR) is 104 cm³/mol. The van der Waals surface area contributed by atoms with Crippen molar-refractivity contribution in [2.75, 3.05) is 25.8 Å². The molecule has 0 atom stereocenters. The highest BCUT2D eigenvalue weighted by molar-refractivity contribution is 7.98. The number of methoxy groups -OCH3 is 2. The molecule has 3 rings (SSSR count). The lowest BCUT2D eigenvalue weighted by Gasteiger charge is -2.09. The molecule has 0 aliphatic heterocycles. The Morgan fingerprint density at radius 2 is 1.83 bits per heavy atom. The zero-order valence-electron chi connectivity index (χ0n) is 15.2. The minimum absolute atomic E-state index is 0.105. The number of imidazole rings is 1. The van der Waals surface area contributed by atoms with Crippen LogP contribution in [-0.2, 0) is 10.0 Å². The smallest absolute Gasteiger partial charge is 0.335 e. The molecule has 0 unspecified atom stereocenters. The summed E-state index contributed by atoms with van der Waals surface area (Å²) in [6.45, 7) is 0. The van der Waals surface area contributed by atoms with Crippen LogP contribution in [0.5, 0.6) is 11.8 Å². The molecular formula is C14H14ClN7O5S2. The third kappa shape index (κ3) is 4.44. The number of sulfonamides is 1. The van der Waals surface area contributed by atoms with Crippen molar-refractivity contribution >= 4 is 51.0 Å². The molecule has 0 aliphatic rings. The molecule has 3 aromatic heterocycles. The largest absolute Gasteiger partial charge is 0.481 e. The number of nitrogens with one attached hydrogen (secondary N) is 2. The number of halogens is 1. The van der Waals surface area contributed by atoms with E-state index in [-0.39, 0.29) is 28.5 Å². The molecule has 3 aromatic rings. The number of hydrogen-bond acceptors (Lipinski definition) is 10. The molecule has 12 nitrogen and oxygen atoms in total. The fourth-order valence-electron chi connectivity index (χ4n) is 2.17. The molecule has 0 spiro atoms. The molecule has 0 fully saturated rings. The maximum atomic E-state index is 12.7. The first-order valence-electron chi connectivity index (χ1n) is 7.67. The Bertz CT molecular complexity index is 1160. The number of ether oxygens (including phenoxy) is 2. The van der Waals surface area contributed by atoms with Crippen molar-refractivity contribution in [2.45, 2.75) is 10.1 Å². The highest BCUT2D eigenvalue weighted by Crippen LogP contribution is 2.23. The Hall–Kier alpha value is -2.84. The maximum Gasteiger partial charge on any atom is 0.335 e. The first kappa shape index (κ1) is 20.9. The van der Waals surface area contributed by atoms with Crippen molar-refractivity contribution in [1.29, 1.82) is 0 Å². The Balaban J connectivity index is 1.89. The van der Waals surface area contributed by atoms with Gasteiger partial charge in [-0.2, -0.15) is 28.0 Å². The monoisotopic (exact) mass is 459 g/mol. The van der Waals surface area contributed by atoms with Crippen molar-refractivity contribution in [1.82, 2.24) is 29.3 Å². The lowest BCUT2D eigenvalue weighted by Crippen LogP contribution is -2.35. The number of nitrogens with zero attached hydrogens (tertiary/aromatic N) is 5. The molecule has 0 aromatic carbocycles. The number of carbonyl (C=O) groups excluding carboxylic acids is 1. The molecule has 0 radical (unpaired) electrons. The van der Waals surface area contributed by atoms with Gasteiger partial charge in [-0.3, -0.25) is 5.32 Å². The number of anilines is 1. The van der Waals surface area contributed by atoms with Gasteiger partial charge < -0.3 is 9.47 Å². The van der Waals surface area contributed by atoms with E-state index in [1.807, 2.05) is 4.72 Å².